The van der Waals surface area contributed by atoms with E-state index in [4.69, 9.17) is 4.74 Å². The van der Waals surface area contributed by atoms with Crippen LogP contribution >= 0.6 is 0 Å². The summed E-state index contributed by atoms with van der Waals surface area (Å²) >= 11 is 0. The van der Waals surface area contributed by atoms with Crippen LogP contribution in [0.25, 0.3) is 0 Å². The van der Waals surface area contributed by atoms with E-state index in [0.29, 0.717) is 6.04 Å². The van der Waals surface area contributed by atoms with E-state index in [9.17, 15) is 0 Å². The fourth-order valence-electron chi connectivity index (χ4n) is 2.60. The number of nitrogens with one attached hydrogen (secondary N) is 1. The summed E-state index contributed by atoms with van der Waals surface area (Å²) in [6.07, 6.45) is 6.62. The zero-order valence-electron chi connectivity index (χ0n) is 12.5. The van der Waals surface area contributed by atoms with Crippen molar-refractivity contribution in [3.8, 4) is 5.75 Å². The lowest BCUT2D eigenvalue weighted by Crippen LogP contribution is -2.23. The number of benzene rings is 1. The van der Waals surface area contributed by atoms with E-state index < -0.39 is 0 Å². The highest BCUT2D eigenvalue weighted by Gasteiger charge is 2.24. The second-order valence-corrected chi connectivity index (χ2v) is 5.77. The van der Waals surface area contributed by atoms with E-state index in [0.717, 1.165) is 18.2 Å². The summed E-state index contributed by atoms with van der Waals surface area (Å²) in [5, 5.41) is 3.68. The second kappa shape index (κ2) is 6.95. The Kier molecular flexibility index (Phi) is 5.26. The molecule has 0 saturated heterocycles. The Labute approximate surface area is 117 Å². The van der Waals surface area contributed by atoms with Gasteiger partial charge in [-0.05, 0) is 50.3 Å². The summed E-state index contributed by atoms with van der Waals surface area (Å²) in [6, 6.07) is 7.01. The Bertz CT molecular complexity index is 398. The van der Waals surface area contributed by atoms with Gasteiger partial charge in [0.2, 0.25) is 0 Å². The van der Waals surface area contributed by atoms with Crippen molar-refractivity contribution in [3.05, 3.63) is 29.3 Å². The van der Waals surface area contributed by atoms with E-state index >= 15 is 0 Å². The highest BCUT2D eigenvalue weighted by molar-refractivity contribution is 5.39. The van der Waals surface area contributed by atoms with Crippen LogP contribution in [0, 0.1) is 12.8 Å². The molecule has 1 aromatic rings. The van der Waals surface area contributed by atoms with Crippen LogP contribution in [-0.4, -0.2) is 13.7 Å². The zero-order valence-corrected chi connectivity index (χ0v) is 12.5. The van der Waals surface area contributed by atoms with Gasteiger partial charge < -0.3 is 10.1 Å². The Balaban J connectivity index is 2.09. The Morgan fingerprint density at radius 1 is 1.37 bits per heavy atom. The quantitative estimate of drug-likeness (QED) is 0.756. The van der Waals surface area contributed by atoms with Gasteiger partial charge >= 0.3 is 0 Å². The van der Waals surface area contributed by atoms with E-state index in [-0.39, 0.29) is 0 Å². The molecule has 1 aliphatic rings. The van der Waals surface area contributed by atoms with Crippen LogP contribution in [0.15, 0.2) is 18.2 Å². The number of aryl methyl sites for hydroxylation is 1. The van der Waals surface area contributed by atoms with Crippen molar-refractivity contribution in [1.82, 2.24) is 5.32 Å². The minimum atomic E-state index is 0.441. The van der Waals surface area contributed by atoms with E-state index in [1.54, 1.807) is 7.11 Å². The summed E-state index contributed by atoms with van der Waals surface area (Å²) < 4.78 is 5.57. The van der Waals surface area contributed by atoms with Crippen LogP contribution in [0.3, 0.4) is 0 Å². The number of ether oxygens (including phenoxy) is 1. The maximum Gasteiger partial charge on any atom is 0.123 e. The summed E-state index contributed by atoms with van der Waals surface area (Å²) in [7, 11) is 1.77. The van der Waals surface area contributed by atoms with Gasteiger partial charge in [-0.15, -0.1) is 0 Å². The van der Waals surface area contributed by atoms with E-state index in [2.05, 4.69) is 37.4 Å². The molecule has 1 N–H and O–H groups in total. The predicted molar refractivity (Wildman–Crippen MR) is 80.7 cm³/mol. The molecule has 0 spiro atoms. The third-order valence-electron chi connectivity index (χ3n) is 3.97. The van der Waals surface area contributed by atoms with Crippen molar-refractivity contribution in [1.29, 1.82) is 0 Å². The molecule has 1 aliphatic carbocycles. The van der Waals surface area contributed by atoms with Crippen molar-refractivity contribution in [2.24, 2.45) is 5.92 Å². The number of methoxy groups -OCH3 is 1. The first-order valence-corrected chi connectivity index (χ1v) is 7.62. The molecule has 1 fully saturated rings. The first kappa shape index (κ1) is 14.4. The molecule has 1 atom stereocenters. The van der Waals surface area contributed by atoms with Crippen molar-refractivity contribution >= 4 is 0 Å². The van der Waals surface area contributed by atoms with Gasteiger partial charge in [-0.2, -0.15) is 0 Å². The average molecular weight is 261 g/mol. The van der Waals surface area contributed by atoms with Crippen LogP contribution < -0.4 is 10.1 Å². The van der Waals surface area contributed by atoms with Crippen molar-refractivity contribution in [2.75, 3.05) is 13.7 Å². The van der Waals surface area contributed by atoms with Gasteiger partial charge in [0, 0.05) is 11.6 Å². The first-order chi connectivity index (χ1) is 9.24. The van der Waals surface area contributed by atoms with Gasteiger partial charge in [-0.3, -0.25) is 0 Å². The minimum absolute atomic E-state index is 0.441. The monoisotopic (exact) mass is 261 g/mol. The Morgan fingerprint density at radius 3 is 2.79 bits per heavy atom. The largest absolute Gasteiger partial charge is 0.496 e. The van der Waals surface area contributed by atoms with Gasteiger partial charge in [0.15, 0.2) is 0 Å². The predicted octanol–water partition coefficient (Wildman–Crippen LogP) is 4.23. The van der Waals surface area contributed by atoms with Crippen LogP contribution in [-0.2, 0) is 0 Å². The van der Waals surface area contributed by atoms with Gasteiger partial charge in [-0.25, -0.2) is 0 Å². The number of rotatable bonds is 8. The summed E-state index contributed by atoms with van der Waals surface area (Å²) in [5.41, 5.74) is 2.58. The average Bonchev–Trinajstić information content (AvgIpc) is 3.23. The molecule has 0 amide bonds. The highest BCUT2D eigenvalue weighted by Crippen LogP contribution is 2.37. The van der Waals surface area contributed by atoms with Crippen molar-refractivity contribution in [3.63, 3.8) is 0 Å². The van der Waals surface area contributed by atoms with Crippen molar-refractivity contribution in [2.45, 2.75) is 52.0 Å². The van der Waals surface area contributed by atoms with Gasteiger partial charge in [0.1, 0.15) is 5.75 Å². The topological polar surface area (TPSA) is 21.3 Å². The fraction of sp³-hybridized carbons (Fsp3) is 0.647. The lowest BCUT2D eigenvalue weighted by molar-refractivity contribution is 0.390. The second-order valence-electron chi connectivity index (χ2n) is 5.77. The molecular weight excluding hydrogens is 234 g/mol. The Hall–Kier alpha value is -1.02. The molecule has 2 heteroatoms. The number of hydrogen-bond donors (Lipinski definition) is 1. The minimum Gasteiger partial charge on any atom is -0.496 e. The van der Waals surface area contributed by atoms with Crippen LogP contribution in [0.2, 0.25) is 0 Å². The maximum atomic E-state index is 5.57. The van der Waals surface area contributed by atoms with E-state index in [1.165, 1.54) is 43.2 Å². The smallest absolute Gasteiger partial charge is 0.123 e. The molecule has 2 nitrogen and oxygen atoms in total. The molecule has 1 saturated carbocycles. The van der Waals surface area contributed by atoms with Gasteiger partial charge in [0.05, 0.1) is 7.11 Å². The van der Waals surface area contributed by atoms with Gasteiger partial charge in [0.25, 0.3) is 0 Å². The lowest BCUT2D eigenvalue weighted by Gasteiger charge is -2.21. The fourth-order valence-corrected chi connectivity index (χ4v) is 2.60. The van der Waals surface area contributed by atoms with Crippen molar-refractivity contribution < 1.29 is 4.74 Å². The molecule has 0 bridgehead atoms. The van der Waals surface area contributed by atoms with Gasteiger partial charge in [-0.1, -0.05) is 31.9 Å². The van der Waals surface area contributed by atoms with Crippen LogP contribution in [0.4, 0.5) is 0 Å². The molecule has 0 heterocycles. The standard InChI is InChI=1S/C17H27NO/c1-4-11-18-16(10-8-14-6-7-14)15-9-5-13(2)12-17(15)19-3/h5,9,12,14,16,18H,4,6-8,10-11H2,1-3H3. The molecule has 19 heavy (non-hydrogen) atoms. The van der Waals surface area contributed by atoms with Crippen LogP contribution in [0.5, 0.6) is 5.75 Å². The summed E-state index contributed by atoms with van der Waals surface area (Å²) in [4.78, 5) is 0. The molecule has 106 valence electrons. The summed E-state index contributed by atoms with van der Waals surface area (Å²) in [5.74, 6) is 2.02. The molecule has 0 aromatic heterocycles. The SMILES string of the molecule is CCCNC(CCC1CC1)c1ccc(C)cc1OC. The number of hydrogen-bond acceptors (Lipinski definition) is 2. The first-order valence-electron chi connectivity index (χ1n) is 7.62. The van der Waals surface area contributed by atoms with E-state index in [1.807, 2.05) is 0 Å². The maximum absolute atomic E-state index is 5.57. The highest BCUT2D eigenvalue weighted by atomic mass is 16.5. The third kappa shape index (κ3) is 4.24. The van der Waals surface area contributed by atoms with Crippen LogP contribution in [0.1, 0.15) is 56.2 Å². The lowest BCUT2D eigenvalue weighted by atomic mass is 9.98. The molecule has 0 aliphatic heterocycles. The third-order valence-corrected chi connectivity index (χ3v) is 3.97. The molecule has 1 aromatic carbocycles. The molecule has 0 radical (unpaired) electrons. The molecule has 1 unspecified atom stereocenters. The normalized spacial score (nSPS) is 16.4. The zero-order chi connectivity index (χ0) is 13.7. The molecule has 2 rings (SSSR count). The summed E-state index contributed by atoms with van der Waals surface area (Å²) in [6.45, 7) is 5.41. The Morgan fingerprint density at radius 2 is 2.16 bits per heavy atom. The molecular formula is C17H27NO.